The minimum atomic E-state index is -1.70. The minimum Gasteiger partial charge on any atom is -0.544 e. The Bertz CT molecular complexity index is 521. The second kappa shape index (κ2) is 10.9. The van der Waals surface area contributed by atoms with Crippen molar-refractivity contribution in [2.75, 3.05) is 0 Å². The Morgan fingerprint density at radius 2 is 1.22 bits per heavy atom. The van der Waals surface area contributed by atoms with E-state index in [2.05, 4.69) is 60.1 Å². The van der Waals surface area contributed by atoms with Gasteiger partial charge in [0.2, 0.25) is 16.6 Å². The van der Waals surface area contributed by atoms with Crippen molar-refractivity contribution in [2.45, 2.75) is 118 Å². The van der Waals surface area contributed by atoms with E-state index < -0.39 is 16.6 Å². The predicted octanol–water partition coefficient (Wildman–Crippen LogP) is 8.40. The van der Waals surface area contributed by atoms with Crippen LogP contribution in [0.3, 0.4) is 0 Å². The zero-order chi connectivity index (χ0) is 20.7. The Kier molecular flexibility index (Phi) is 9.91. The molecule has 158 valence electrons. The number of hydrogen-bond donors (Lipinski definition) is 0. The summed E-state index contributed by atoms with van der Waals surface area (Å²) in [6, 6.07) is 0. The van der Waals surface area contributed by atoms with Crippen molar-refractivity contribution in [3.05, 3.63) is 22.7 Å². The molecular formula is C23H46O2Si2. The molecule has 1 unspecified atom stereocenters. The predicted molar refractivity (Wildman–Crippen MR) is 125 cm³/mol. The van der Waals surface area contributed by atoms with Gasteiger partial charge in [0.05, 0.1) is 0 Å². The molecule has 0 saturated carbocycles. The van der Waals surface area contributed by atoms with Crippen molar-refractivity contribution >= 4 is 16.6 Å². The van der Waals surface area contributed by atoms with E-state index in [0.717, 1.165) is 12.2 Å². The largest absolute Gasteiger partial charge is 0.544 e. The normalized spacial score (nSPS) is 18.5. The average molecular weight is 411 g/mol. The Morgan fingerprint density at radius 3 is 1.70 bits per heavy atom. The molecule has 0 aliphatic heterocycles. The molecule has 0 N–H and O–H groups in total. The number of hydrogen-bond acceptors (Lipinski definition) is 2. The van der Waals surface area contributed by atoms with Crippen LogP contribution in [-0.2, 0) is 8.85 Å². The highest BCUT2D eigenvalue weighted by molar-refractivity contribution is 6.70. The van der Waals surface area contributed by atoms with Crippen LogP contribution in [0.1, 0.15) is 78.6 Å². The maximum Gasteiger partial charge on any atom is 0.242 e. The second-order valence-electron chi connectivity index (χ2n) is 10.0. The van der Waals surface area contributed by atoms with E-state index >= 15 is 0 Å². The zero-order valence-corrected chi connectivity index (χ0v) is 21.8. The van der Waals surface area contributed by atoms with Gasteiger partial charge < -0.3 is 8.85 Å². The topological polar surface area (TPSA) is 18.5 Å². The van der Waals surface area contributed by atoms with Gasteiger partial charge in [-0.2, -0.15) is 0 Å². The van der Waals surface area contributed by atoms with Gasteiger partial charge in [-0.1, -0.05) is 52.0 Å². The summed E-state index contributed by atoms with van der Waals surface area (Å²) in [6.45, 7) is 20.7. The van der Waals surface area contributed by atoms with Crippen LogP contribution in [0.5, 0.6) is 0 Å². The highest BCUT2D eigenvalue weighted by Crippen LogP contribution is 2.47. The van der Waals surface area contributed by atoms with Gasteiger partial charge in [0.25, 0.3) is 0 Å². The van der Waals surface area contributed by atoms with Crippen LogP contribution in [0, 0.1) is 5.92 Å². The van der Waals surface area contributed by atoms with E-state index in [1.165, 1.54) is 62.7 Å². The van der Waals surface area contributed by atoms with Crippen LogP contribution < -0.4 is 0 Å². The Hall–Kier alpha value is -0.486. The van der Waals surface area contributed by atoms with E-state index in [0.29, 0.717) is 5.92 Å². The van der Waals surface area contributed by atoms with Gasteiger partial charge in [-0.05, 0) is 77.0 Å². The third-order valence-corrected chi connectivity index (χ3v) is 6.52. The highest BCUT2D eigenvalue weighted by atomic mass is 28.4. The summed E-state index contributed by atoms with van der Waals surface area (Å²) in [6.07, 6.45) is 11.1. The lowest BCUT2D eigenvalue weighted by atomic mass is 9.89. The van der Waals surface area contributed by atoms with Gasteiger partial charge in [0, 0.05) is 5.92 Å². The summed E-state index contributed by atoms with van der Waals surface area (Å²) in [5, 5.41) is 0. The first kappa shape index (κ1) is 24.6. The SMILES string of the molecule is CCCCC1=C(CCCC)C(CCCC)C(O[Si](C)(C)C)=C1O[Si](C)(C)C. The lowest BCUT2D eigenvalue weighted by Gasteiger charge is -2.29. The lowest BCUT2D eigenvalue weighted by Crippen LogP contribution is -2.30. The van der Waals surface area contributed by atoms with E-state index in [1.54, 1.807) is 5.57 Å². The molecule has 1 aliphatic rings. The molecule has 0 heterocycles. The minimum absolute atomic E-state index is 0.460. The molecule has 0 radical (unpaired) electrons. The third-order valence-electron chi connectivity index (χ3n) is 4.87. The van der Waals surface area contributed by atoms with Crippen molar-refractivity contribution in [1.29, 1.82) is 0 Å². The first-order valence-corrected chi connectivity index (χ1v) is 18.2. The quantitative estimate of drug-likeness (QED) is 0.284. The average Bonchev–Trinajstić information content (AvgIpc) is 2.78. The van der Waals surface area contributed by atoms with Gasteiger partial charge >= 0.3 is 0 Å². The van der Waals surface area contributed by atoms with Crippen molar-refractivity contribution in [3.63, 3.8) is 0 Å². The molecule has 0 amide bonds. The molecular weight excluding hydrogens is 364 g/mol. The van der Waals surface area contributed by atoms with Crippen molar-refractivity contribution < 1.29 is 8.85 Å². The second-order valence-corrected chi connectivity index (χ2v) is 18.9. The molecule has 1 rings (SSSR count). The summed E-state index contributed by atoms with van der Waals surface area (Å²) < 4.78 is 13.5. The van der Waals surface area contributed by atoms with Gasteiger partial charge in [0.15, 0.2) is 0 Å². The molecule has 1 atom stereocenters. The van der Waals surface area contributed by atoms with E-state index in [-0.39, 0.29) is 0 Å². The molecule has 2 nitrogen and oxygen atoms in total. The van der Waals surface area contributed by atoms with E-state index in [4.69, 9.17) is 8.85 Å². The number of allylic oxidation sites excluding steroid dienone is 2. The molecule has 0 saturated heterocycles. The molecule has 0 aromatic heterocycles. The van der Waals surface area contributed by atoms with E-state index in [1.807, 2.05) is 0 Å². The molecule has 0 spiro atoms. The summed E-state index contributed by atoms with van der Waals surface area (Å²) in [5.41, 5.74) is 3.17. The standard InChI is InChI=1S/C23H46O2Si2/c1-10-13-16-19-20(17-14-11-2)22(24-26(4,5)6)23(25-27(7,8)9)21(19)18-15-12-3/h20H,10-18H2,1-9H3. The number of rotatable bonds is 13. The van der Waals surface area contributed by atoms with Crippen LogP contribution in [-0.4, -0.2) is 16.6 Å². The Labute approximate surface area is 172 Å². The zero-order valence-electron chi connectivity index (χ0n) is 19.8. The summed E-state index contributed by atoms with van der Waals surface area (Å²) >= 11 is 0. The van der Waals surface area contributed by atoms with Crippen LogP contribution >= 0.6 is 0 Å². The first-order valence-electron chi connectivity index (χ1n) is 11.4. The van der Waals surface area contributed by atoms with Crippen molar-refractivity contribution in [3.8, 4) is 0 Å². The Morgan fingerprint density at radius 1 is 0.704 bits per heavy atom. The van der Waals surface area contributed by atoms with Crippen molar-refractivity contribution in [2.24, 2.45) is 5.92 Å². The molecule has 0 fully saturated rings. The van der Waals surface area contributed by atoms with Crippen LogP contribution in [0.15, 0.2) is 22.7 Å². The molecule has 0 bridgehead atoms. The van der Waals surface area contributed by atoms with Gasteiger partial charge in [-0.25, -0.2) is 0 Å². The highest BCUT2D eigenvalue weighted by Gasteiger charge is 2.39. The maximum absolute atomic E-state index is 6.76. The fraction of sp³-hybridized carbons (Fsp3) is 0.826. The molecule has 0 aromatic rings. The van der Waals surface area contributed by atoms with Crippen LogP contribution in [0.25, 0.3) is 0 Å². The van der Waals surface area contributed by atoms with Crippen LogP contribution in [0.4, 0.5) is 0 Å². The first-order chi connectivity index (χ1) is 12.5. The van der Waals surface area contributed by atoms with Gasteiger partial charge in [-0.3, -0.25) is 0 Å². The molecule has 27 heavy (non-hydrogen) atoms. The summed E-state index contributed by atoms with van der Waals surface area (Å²) in [7, 11) is -3.39. The summed E-state index contributed by atoms with van der Waals surface area (Å²) in [4.78, 5) is 0. The summed E-state index contributed by atoms with van der Waals surface area (Å²) in [5.74, 6) is 2.83. The third kappa shape index (κ3) is 8.19. The lowest BCUT2D eigenvalue weighted by molar-refractivity contribution is 0.311. The van der Waals surface area contributed by atoms with Crippen LogP contribution in [0.2, 0.25) is 39.3 Å². The van der Waals surface area contributed by atoms with Crippen molar-refractivity contribution in [1.82, 2.24) is 0 Å². The smallest absolute Gasteiger partial charge is 0.242 e. The monoisotopic (exact) mass is 410 g/mol. The van der Waals surface area contributed by atoms with Gasteiger partial charge in [-0.15, -0.1) is 0 Å². The molecule has 0 aromatic carbocycles. The van der Waals surface area contributed by atoms with Gasteiger partial charge in [0.1, 0.15) is 11.5 Å². The molecule has 4 heteroatoms. The van der Waals surface area contributed by atoms with E-state index in [9.17, 15) is 0 Å². The molecule has 1 aliphatic carbocycles. The number of unbranched alkanes of at least 4 members (excludes halogenated alkanes) is 3. The fourth-order valence-corrected chi connectivity index (χ4v) is 5.45. The maximum atomic E-state index is 6.76. The Balaban J connectivity index is 3.44. The fourth-order valence-electron chi connectivity index (χ4n) is 3.72.